The zero-order valence-corrected chi connectivity index (χ0v) is 8.12. The Kier molecular flexibility index (Phi) is 8.97. The maximum absolute atomic E-state index is 8.78. The van der Waals surface area contributed by atoms with Crippen molar-refractivity contribution in [2.24, 2.45) is 5.73 Å². The van der Waals surface area contributed by atoms with Gasteiger partial charge in [0.1, 0.15) is 0 Å². The van der Waals surface area contributed by atoms with E-state index in [2.05, 4.69) is 0 Å². The van der Waals surface area contributed by atoms with Crippen LogP contribution < -0.4 is 5.73 Å². The first-order chi connectivity index (χ1) is 5.31. The summed E-state index contributed by atoms with van der Waals surface area (Å²) in [5.41, 5.74) is 5.14. The van der Waals surface area contributed by atoms with Gasteiger partial charge in [-0.05, 0) is 33.2 Å². The summed E-state index contributed by atoms with van der Waals surface area (Å²) in [6.07, 6.45) is 1.37. The van der Waals surface area contributed by atoms with Crippen LogP contribution in [0.5, 0.6) is 0 Å². The highest BCUT2D eigenvalue weighted by Crippen LogP contribution is 1.92. The van der Waals surface area contributed by atoms with Crippen molar-refractivity contribution in [2.45, 2.75) is 45.5 Å². The fourth-order valence-electron chi connectivity index (χ4n) is 0.397. The van der Waals surface area contributed by atoms with Crippen molar-refractivity contribution in [3.05, 3.63) is 0 Å². The first-order valence-corrected chi connectivity index (χ1v) is 4.14. The first-order valence-electron chi connectivity index (χ1n) is 4.14. The van der Waals surface area contributed by atoms with Crippen molar-refractivity contribution in [1.29, 1.82) is 0 Å². The second-order valence-electron chi connectivity index (χ2n) is 3.13. The van der Waals surface area contributed by atoms with Gasteiger partial charge in [0.2, 0.25) is 0 Å². The third-order valence-corrected chi connectivity index (χ3v) is 0.971. The van der Waals surface area contributed by atoms with Gasteiger partial charge in [-0.2, -0.15) is 0 Å². The molecule has 0 aromatic heterocycles. The highest BCUT2D eigenvalue weighted by molar-refractivity contribution is 4.50. The van der Waals surface area contributed by atoms with Crippen LogP contribution in [0.3, 0.4) is 0 Å². The summed E-state index contributed by atoms with van der Waals surface area (Å²) >= 11 is 0. The molecular weight excluding hydrogens is 158 g/mol. The van der Waals surface area contributed by atoms with Crippen LogP contribution in [0, 0.1) is 0 Å². The fraction of sp³-hybridized carbons (Fsp3) is 1.00. The molecule has 0 aliphatic rings. The van der Waals surface area contributed by atoms with Gasteiger partial charge in [-0.15, -0.1) is 0 Å². The van der Waals surface area contributed by atoms with E-state index in [1.807, 2.05) is 6.92 Å². The Morgan fingerprint density at radius 1 is 1.33 bits per heavy atom. The number of nitrogens with two attached hydrogens (primary N) is 1. The largest absolute Gasteiger partial charge is 0.393 e. The lowest BCUT2D eigenvalue weighted by Gasteiger charge is -2.03. The molecule has 0 radical (unpaired) electrons. The minimum atomic E-state index is -1.50. The lowest BCUT2D eigenvalue weighted by atomic mass is 10.2. The monoisotopic (exact) mass is 179 g/mol. The number of hydrogen-bond acceptors (Lipinski definition) is 4. The van der Waals surface area contributed by atoms with Gasteiger partial charge in [0.05, 0.1) is 6.10 Å². The van der Waals surface area contributed by atoms with Gasteiger partial charge in [0, 0.05) is 0 Å². The van der Waals surface area contributed by atoms with Gasteiger partial charge in [-0.3, -0.25) is 0 Å². The fourth-order valence-corrected chi connectivity index (χ4v) is 0.397. The molecule has 0 saturated heterocycles. The highest BCUT2D eigenvalue weighted by Gasteiger charge is 2.00. The summed E-state index contributed by atoms with van der Waals surface area (Å²) < 4.78 is 0. The van der Waals surface area contributed by atoms with E-state index < -0.39 is 5.79 Å². The minimum Gasteiger partial charge on any atom is -0.393 e. The molecule has 0 saturated carbocycles. The van der Waals surface area contributed by atoms with Gasteiger partial charge >= 0.3 is 0 Å². The molecule has 0 spiro atoms. The SMILES string of the molecule is CC(C)(O)O.CCC(O)CCN. The second kappa shape index (κ2) is 7.49. The van der Waals surface area contributed by atoms with Gasteiger partial charge in [0.25, 0.3) is 0 Å². The molecule has 0 fully saturated rings. The van der Waals surface area contributed by atoms with Crippen LogP contribution in [-0.4, -0.2) is 33.8 Å². The summed E-state index contributed by atoms with van der Waals surface area (Å²) in [6.45, 7) is 5.13. The van der Waals surface area contributed by atoms with Gasteiger partial charge in [0.15, 0.2) is 5.79 Å². The van der Waals surface area contributed by atoms with E-state index >= 15 is 0 Å². The molecule has 1 unspecified atom stereocenters. The average Bonchev–Trinajstić information content (AvgIpc) is 1.85. The molecule has 5 N–H and O–H groups in total. The van der Waals surface area contributed by atoms with Crippen molar-refractivity contribution in [3.63, 3.8) is 0 Å². The van der Waals surface area contributed by atoms with Crippen LogP contribution in [0.4, 0.5) is 0 Å². The zero-order chi connectivity index (χ0) is 10.2. The molecular formula is C8H21NO3. The van der Waals surface area contributed by atoms with E-state index in [0.717, 1.165) is 12.8 Å². The molecule has 0 aromatic carbocycles. The smallest absolute Gasteiger partial charge is 0.156 e. The molecule has 0 rings (SSSR count). The lowest BCUT2D eigenvalue weighted by molar-refractivity contribution is -0.127. The first kappa shape index (κ1) is 14.4. The summed E-state index contributed by atoms with van der Waals surface area (Å²) in [5.74, 6) is -1.50. The minimum absolute atomic E-state index is 0.176. The molecule has 0 aliphatic carbocycles. The zero-order valence-electron chi connectivity index (χ0n) is 8.12. The number of hydrogen-bond donors (Lipinski definition) is 4. The summed E-state index contributed by atoms with van der Waals surface area (Å²) in [6, 6.07) is 0. The predicted molar refractivity (Wildman–Crippen MR) is 48.5 cm³/mol. The third kappa shape index (κ3) is 32.8. The van der Waals surface area contributed by atoms with Gasteiger partial charge in [-0.25, -0.2) is 0 Å². The standard InChI is InChI=1S/C5H13NO.C3H8O2/c1-2-5(7)3-4-6;1-3(2,4)5/h5,7H,2-4,6H2,1H3;4-5H,1-2H3. The van der Waals surface area contributed by atoms with Gasteiger partial charge in [-0.1, -0.05) is 6.92 Å². The Bertz CT molecular complexity index is 84.8. The Balaban J connectivity index is 0. The average molecular weight is 179 g/mol. The highest BCUT2D eigenvalue weighted by atomic mass is 16.5. The van der Waals surface area contributed by atoms with E-state index in [4.69, 9.17) is 21.1 Å². The molecule has 0 aliphatic heterocycles. The maximum atomic E-state index is 8.78. The molecule has 4 nitrogen and oxygen atoms in total. The topological polar surface area (TPSA) is 86.7 Å². The molecule has 12 heavy (non-hydrogen) atoms. The lowest BCUT2D eigenvalue weighted by Crippen LogP contribution is -2.15. The Morgan fingerprint density at radius 2 is 1.67 bits per heavy atom. The van der Waals surface area contributed by atoms with E-state index in [1.54, 1.807) is 0 Å². The Morgan fingerprint density at radius 3 is 1.75 bits per heavy atom. The molecule has 0 aromatic rings. The van der Waals surface area contributed by atoms with Crippen molar-refractivity contribution >= 4 is 0 Å². The van der Waals surface area contributed by atoms with Crippen LogP contribution in [0.2, 0.25) is 0 Å². The number of aliphatic hydroxyl groups excluding tert-OH is 1. The molecule has 1 atom stereocenters. The van der Waals surface area contributed by atoms with Crippen molar-refractivity contribution < 1.29 is 15.3 Å². The van der Waals surface area contributed by atoms with Crippen LogP contribution in [0.15, 0.2) is 0 Å². The van der Waals surface area contributed by atoms with Crippen LogP contribution >= 0.6 is 0 Å². The summed E-state index contributed by atoms with van der Waals surface area (Å²) in [7, 11) is 0. The molecule has 0 heterocycles. The van der Waals surface area contributed by atoms with Crippen molar-refractivity contribution in [2.75, 3.05) is 6.54 Å². The van der Waals surface area contributed by atoms with Gasteiger partial charge < -0.3 is 21.1 Å². The normalized spacial score (nSPS) is 13.2. The molecule has 0 amide bonds. The summed E-state index contributed by atoms with van der Waals surface area (Å²) in [4.78, 5) is 0. The van der Waals surface area contributed by atoms with Crippen molar-refractivity contribution in [1.82, 2.24) is 0 Å². The molecule has 0 bridgehead atoms. The van der Waals surface area contributed by atoms with E-state index in [-0.39, 0.29) is 6.10 Å². The molecule has 76 valence electrons. The third-order valence-electron chi connectivity index (χ3n) is 0.971. The quantitative estimate of drug-likeness (QED) is 0.452. The van der Waals surface area contributed by atoms with E-state index in [0.29, 0.717) is 6.54 Å². The number of rotatable bonds is 3. The van der Waals surface area contributed by atoms with E-state index in [9.17, 15) is 0 Å². The second-order valence-corrected chi connectivity index (χ2v) is 3.13. The van der Waals surface area contributed by atoms with E-state index in [1.165, 1.54) is 13.8 Å². The van der Waals surface area contributed by atoms with Crippen LogP contribution in [0.1, 0.15) is 33.6 Å². The van der Waals surface area contributed by atoms with Crippen LogP contribution in [0.25, 0.3) is 0 Å². The maximum Gasteiger partial charge on any atom is 0.156 e. The van der Waals surface area contributed by atoms with Crippen LogP contribution in [-0.2, 0) is 0 Å². The summed E-state index contributed by atoms with van der Waals surface area (Å²) in [5, 5.41) is 24.9. The predicted octanol–water partition coefficient (Wildman–Crippen LogP) is -0.187. The number of aliphatic hydroxyl groups is 3. The Labute approximate surface area is 74.0 Å². The van der Waals surface area contributed by atoms with Crippen molar-refractivity contribution in [3.8, 4) is 0 Å². The Hall–Kier alpha value is -0.160. The molecule has 4 heteroatoms.